The molecule has 0 aliphatic rings. The smallest absolute Gasteiger partial charge is 0.222 e. The minimum absolute atomic E-state index is 0.0266. The Hall–Kier alpha value is -1.30. The van der Waals surface area contributed by atoms with Crippen molar-refractivity contribution in [1.29, 1.82) is 0 Å². The maximum absolute atomic E-state index is 13.6. The standard InChI is InChI=1S/C12H15BrFNO3/c1-4-17-8(2)15-18-7-9-5-10(13)12(16-3)6-11(9)14/h5-6H,4,7H2,1-3H3/b15-8-. The van der Waals surface area contributed by atoms with E-state index in [1.54, 1.807) is 13.0 Å². The molecule has 0 radical (unpaired) electrons. The quantitative estimate of drug-likeness (QED) is 0.474. The van der Waals surface area contributed by atoms with Crippen LogP contribution in [0.5, 0.6) is 5.75 Å². The first kappa shape index (κ1) is 14.8. The summed E-state index contributed by atoms with van der Waals surface area (Å²) in [6.07, 6.45) is 0. The molecule has 100 valence electrons. The molecule has 0 fully saturated rings. The first-order valence-electron chi connectivity index (χ1n) is 5.39. The lowest BCUT2D eigenvalue weighted by atomic mass is 10.2. The highest BCUT2D eigenvalue weighted by Gasteiger charge is 2.09. The van der Waals surface area contributed by atoms with Crippen molar-refractivity contribution in [2.24, 2.45) is 5.16 Å². The van der Waals surface area contributed by atoms with Crippen molar-refractivity contribution in [3.63, 3.8) is 0 Å². The van der Waals surface area contributed by atoms with Crippen LogP contribution in [0.4, 0.5) is 4.39 Å². The van der Waals surface area contributed by atoms with E-state index in [2.05, 4.69) is 21.1 Å². The Morgan fingerprint density at radius 3 is 2.78 bits per heavy atom. The van der Waals surface area contributed by atoms with Crippen molar-refractivity contribution in [3.05, 3.63) is 28.0 Å². The fourth-order valence-electron chi connectivity index (χ4n) is 1.26. The number of hydrogen-bond acceptors (Lipinski definition) is 4. The minimum atomic E-state index is -0.403. The van der Waals surface area contributed by atoms with E-state index >= 15 is 0 Å². The number of nitrogens with zero attached hydrogens (tertiary/aromatic N) is 1. The van der Waals surface area contributed by atoms with Crippen LogP contribution in [0.15, 0.2) is 21.8 Å². The zero-order valence-electron chi connectivity index (χ0n) is 10.5. The number of hydrogen-bond donors (Lipinski definition) is 0. The lowest BCUT2D eigenvalue weighted by Gasteiger charge is -2.07. The molecule has 1 rings (SSSR count). The number of ether oxygens (including phenoxy) is 2. The molecule has 0 saturated heterocycles. The summed E-state index contributed by atoms with van der Waals surface area (Å²) in [7, 11) is 1.48. The largest absolute Gasteiger partial charge is 0.495 e. The molecule has 0 atom stereocenters. The van der Waals surface area contributed by atoms with Gasteiger partial charge in [0.05, 0.1) is 18.2 Å². The average Bonchev–Trinajstić information content (AvgIpc) is 2.33. The van der Waals surface area contributed by atoms with E-state index in [9.17, 15) is 4.39 Å². The lowest BCUT2D eigenvalue weighted by molar-refractivity contribution is 0.117. The lowest BCUT2D eigenvalue weighted by Crippen LogP contribution is -2.01. The van der Waals surface area contributed by atoms with Crippen LogP contribution in [0.3, 0.4) is 0 Å². The Morgan fingerprint density at radius 2 is 2.17 bits per heavy atom. The second-order valence-electron chi connectivity index (χ2n) is 3.39. The molecule has 0 bridgehead atoms. The maximum atomic E-state index is 13.6. The first-order chi connectivity index (χ1) is 8.58. The number of methoxy groups -OCH3 is 1. The van der Waals surface area contributed by atoms with Crippen molar-refractivity contribution >= 4 is 21.8 Å². The molecule has 1 aromatic rings. The molecule has 0 aromatic heterocycles. The van der Waals surface area contributed by atoms with Gasteiger partial charge in [0, 0.05) is 18.6 Å². The highest BCUT2D eigenvalue weighted by Crippen LogP contribution is 2.28. The third-order valence-corrected chi connectivity index (χ3v) is 2.71. The van der Waals surface area contributed by atoms with Gasteiger partial charge >= 0.3 is 0 Å². The normalized spacial score (nSPS) is 11.3. The monoisotopic (exact) mass is 319 g/mol. The van der Waals surface area contributed by atoms with Crippen LogP contribution in [0.1, 0.15) is 19.4 Å². The predicted octanol–water partition coefficient (Wildman–Crippen LogP) is 3.48. The average molecular weight is 320 g/mol. The molecule has 0 aliphatic heterocycles. The number of rotatable bonds is 5. The molecule has 4 nitrogen and oxygen atoms in total. The second kappa shape index (κ2) is 7.20. The number of oxime groups is 1. The SMILES string of the molecule is CCO/C(C)=N\OCc1cc(Br)c(OC)cc1F. The predicted molar refractivity (Wildman–Crippen MR) is 70.2 cm³/mol. The molecule has 0 heterocycles. The molecular formula is C12H15BrFNO3. The van der Waals surface area contributed by atoms with E-state index in [1.807, 2.05) is 6.92 Å². The topological polar surface area (TPSA) is 40.0 Å². The van der Waals surface area contributed by atoms with Crippen molar-refractivity contribution in [1.82, 2.24) is 0 Å². The minimum Gasteiger partial charge on any atom is -0.495 e. The van der Waals surface area contributed by atoms with E-state index in [0.717, 1.165) is 0 Å². The van der Waals surface area contributed by atoms with Crippen LogP contribution in [0.2, 0.25) is 0 Å². The molecule has 0 amide bonds. The summed E-state index contributed by atoms with van der Waals surface area (Å²) in [6, 6.07) is 2.89. The first-order valence-corrected chi connectivity index (χ1v) is 6.19. The van der Waals surface area contributed by atoms with E-state index in [4.69, 9.17) is 14.3 Å². The van der Waals surface area contributed by atoms with Gasteiger partial charge in [-0.3, -0.25) is 0 Å². The number of halogens is 2. The van der Waals surface area contributed by atoms with Gasteiger partial charge in [0.15, 0.2) is 0 Å². The summed E-state index contributed by atoms with van der Waals surface area (Å²) in [5.74, 6) is 0.440. The molecule has 0 unspecified atom stereocenters. The third-order valence-electron chi connectivity index (χ3n) is 2.09. The third kappa shape index (κ3) is 4.18. The van der Waals surface area contributed by atoms with Crippen molar-refractivity contribution in [2.75, 3.05) is 13.7 Å². The van der Waals surface area contributed by atoms with Gasteiger partial charge in [0.1, 0.15) is 18.2 Å². The molecular weight excluding hydrogens is 305 g/mol. The highest BCUT2D eigenvalue weighted by atomic mass is 79.9. The van der Waals surface area contributed by atoms with Gasteiger partial charge in [0.2, 0.25) is 5.90 Å². The Kier molecular flexibility index (Phi) is 5.91. The summed E-state index contributed by atoms with van der Waals surface area (Å²) < 4.78 is 24.3. The number of benzene rings is 1. The summed E-state index contributed by atoms with van der Waals surface area (Å²) in [4.78, 5) is 5.00. The molecule has 18 heavy (non-hydrogen) atoms. The van der Waals surface area contributed by atoms with Crippen LogP contribution in [0, 0.1) is 5.82 Å². The summed E-state index contributed by atoms with van der Waals surface area (Å²) in [5.41, 5.74) is 0.385. The van der Waals surface area contributed by atoms with Crippen LogP contribution in [0.25, 0.3) is 0 Å². The summed E-state index contributed by atoms with van der Waals surface area (Å²) in [5, 5.41) is 3.70. The van der Waals surface area contributed by atoms with E-state index in [1.165, 1.54) is 13.2 Å². The van der Waals surface area contributed by atoms with Crippen LogP contribution in [-0.4, -0.2) is 19.6 Å². The zero-order valence-corrected chi connectivity index (χ0v) is 12.1. The van der Waals surface area contributed by atoms with Crippen molar-refractivity contribution in [3.8, 4) is 5.75 Å². The summed E-state index contributed by atoms with van der Waals surface area (Å²) >= 11 is 3.28. The van der Waals surface area contributed by atoms with E-state index in [0.29, 0.717) is 28.3 Å². The van der Waals surface area contributed by atoms with Crippen LogP contribution >= 0.6 is 15.9 Å². The van der Waals surface area contributed by atoms with Gasteiger partial charge in [-0.25, -0.2) is 4.39 Å². The second-order valence-corrected chi connectivity index (χ2v) is 4.25. The maximum Gasteiger partial charge on any atom is 0.222 e. The molecule has 0 spiro atoms. The molecule has 0 N–H and O–H groups in total. The highest BCUT2D eigenvalue weighted by molar-refractivity contribution is 9.10. The molecule has 0 saturated carbocycles. The van der Waals surface area contributed by atoms with Crippen molar-refractivity contribution < 1.29 is 18.7 Å². The molecule has 1 aromatic carbocycles. The van der Waals surface area contributed by atoms with Gasteiger partial charge in [-0.15, -0.1) is 0 Å². The summed E-state index contributed by atoms with van der Waals surface area (Å²) in [6.45, 7) is 4.06. The molecule has 6 heteroatoms. The van der Waals surface area contributed by atoms with Crippen LogP contribution in [-0.2, 0) is 16.2 Å². The Balaban J connectivity index is 2.68. The zero-order chi connectivity index (χ0) is 13.5. The Labute approximate surface area is 114 Å². The van der Waals surface area contributed by atoms with Gasteiger partial charge < -0.3 is 14.3 Å². The van der Waals surface area contributed by atoms with Gasteiger partial charge in [-0.05, 0) is 28.9 Å². The van der Waals surface area contributed by atoms with Crippen LogP contribution < -0.4 is 4.74 Å². The fraction of sp³-hybridized carbons (Fsp3) is 0.417. The van der Waals surface area contributed by atoms with E-state index in [-0.39, 0.29) is 6.61 Å². The molecule has 0 aliphatic carbocycles. The van der Waals surface area contributed by atoms with E-state index < -0.39 is 5.82 Å². The van der Waals surface area contributed by atoms with Gasteiger partial charge in [-0.2, -0.15) is 0 Å². The van der Waals surface area contributed by atoms with Crippen molar-refractivity contribution in [2.45, 2.75) is 20.5 Å². The van der Waals surface area contributed by atoms with Gasteiger partial charge in [0.25, 0.3) is 0 Å². The fourth-order valence-corrected chi connectivity index (χ4v) is 1.82. The Morgan fingerprint density at radius 1 is 1.44 bits per heavy atom. The van der Waals surface area contributed by atoms with Gasteiger partial charge in [-0.1, -0.05) is 5.16 Å². The Bertz CT molecular complexity index is 438.